The molecule has 0 spiro atoms. The number of benzene rings is 2. The molecule has 0 amide bonds. The van der Waals surface area contributed by atoms with E-state index in [4.69, 9.17) is 23.2 Å². The summed E-state index contributed by atoms with van der Waals surface area (Å²) >= 11 is 11.9. The molecule has 1 unspecified atom stereocenters. The molecule has 0 saturated carbocycles. The molecule has 1 atom stereocenters. The van der Waals surface area contributed by atoms with Crippen molar-refractivity contribution in [3.63, 3.8) is 0 Å². The van der Waals surface area contributed by atoms with E-state index in [1.54, 1.807) is 40.7 Å². The molecule has 0 radical (unpaired) electrons. The third-order valence-corrected chi connectivity index (χ3v) is 6.98. The minimum absolute atomic E-state index is 0.237. The van der Waals surface area contributed by atoms with Crippen LogP contribution in [-0.2, 0) is 16.6 Å². The van der Waals surface area contributed by atoms with E-state index in [-0.39, 0.29) is 4.90 Å². The first-order valence-electron chi connectivity index (χ1n) is 8.15. The van der Waals surface area contributed by atoms with E-state index in [0.717, 1.165) is 11.3 Å². The predicted octanol–water partition coefficient (Wildman–Crippen LogP) is 4.59. The lowest BCUT2D eigenvalue weighted by Crippen LogP contribution is -2.42. The van der Waals surface area contributed by atoms with E-state index in [1.807, 2.05) is 30.5 Å². The van der Waals surface area contributed by atoms with Gasteiger partial charge in [0, 0.05) is 35.0 Å². The summed E-state index contributed by atoms with van der Waals surface area (Å²) in [6.45, 7) is 0.999. The summed E-state index contributed by atoms with van der Waals surface area (Å²) in [7, 11) is -3.68. The highest BCUT2D eigenvalue weighted by Gasteiger charge is 2.37. The Bertz CT molecular complexity index is 1030. The number of nitrogens with zero attached hydrogens (tertiary/aromatic N) is 2. The fourth-order valence-electron chi connectivity index (χ4n) is 3.35. The molecule has 0 saturated heterocycles. The van der Waals surface area contributed by atoms with Crippen LogP contribution in [0, 0.1) is 0 Å². The Labute approximate surface area is 162 Å². The van der Waals surface area contributed by atoms with E-state index < -0.39 is 16.1 Å². The van der Waals surface area contributed by atoms with Crippen molar-refractivity contribution in [2.75, 3.05) is 6.54 Å². The molecule has 4 nitrogen and oxygen atoms in total. The van der Waals surface area contributed by atoms with Crippen molar-refractivity contribution in [2.24, 2.45) is 0 Å². The molecule has 26 heavy (non-hydrogen) atoms. The van der Waals surface area contributed by atoms with Gasteiger partial charge in [-0.3, -0.25) is 0 Å². The summed E-state index contributed by atoms with van der Waals surface area (Å²) in [5.74, 6) is 0. The molecule has 0 bridgehead atoms. The Morgan fingerprint density at radius 2 is 1.46 bits per heavy atom. The lowest BCUT2D eigenvalue weighted by atomic mass is 10.0. The largest absolute Gasteiger partial charge is 0.348 e. The van der Waals surface area contributed by atoms with Crippen LogP contribution < -0.4 is 0 Å². The lowest BCUT2D eigenvalue weighted by Gasteiger charge is -2.36. The van der Waals surface area contributed by atoms with Crippen LogP contribution in [0.5, 0.6) is 0 Å². The van der Waals surface area contributed by atoms with Crippen LogP contribution in [0.15, 0.2) is 71.8 Å². The Morgan fingerprint density at radius 1 is 0.846 bits per heavy atom. The van der Waals surface area contributed by atoms with Gasteiger partial charge >= 0.3 is 0 Å². The summed E-state index contributed by atoms with van der Waals surface area (Å²) in [5.41, 5.74) is 1.82. The first kappa shape index (κ1) is 17.6. The lowest BCUT2D eigenvalue weighted by molar-refractivity contribution is 0.298. The number of aromatic nitrogens is 1. The second kappa shape index (κ2) is 6.74. The number of hydrogen-bond donors (Lipinski definition) is 0. The molecule has 1 aliphatic rings. The van der Waals surface area contributed by atoms with Gasteiger partial charge in [0.05, 0.1) is 10.9 Å². The highest BCUT2D eigenvalue weighted by molar-refractivity contribution is 7.89. The van der Waals surface area contributed by atoms with Gasteiger partial charge in [-0.25, -0.2) is 8.42 Å². The number of halogens is 2. The summed E-state index contributed by atoms with van der Waals surface area (Å²) in [4.78, 5) is 0.237. The quantitative estimate of drug-likeness (QED) is 0.638. The predicted molar refractivity (Wildman–Crippen MR) is 103 cm³/mol. The summed E-state index contributed by atoms with van der Waals surface area (Å²) in [6, 6.07) is 17.1. The molecular formula is C19H16Cl2N2O2S. The van der Waals surface area contributed by atoms with Gasteiger partial charge in [-0.2, -0.15) is 4.31 Å². The molecule has 1 aliphatic heterocycles. The van der Waals surface area contributed by atoms with E-state index in [2.05, 4.69) is 4.57 Å². The Morgan fingerprint density at radius 3 is 2.12 bits per heavy atom. The SMILES string of the molecule is O=S(=O)(c1ccc(Cl)cc1)N1CCn2cccc2C1c1ccc(Cl)cc1. The average molecular weight is 407 g/mol. The minimum Gasteiger partial charge on any atom is -0.348 e. The molecule has 7 heteroatoms. The molecule has 0 aliphatic carbocycles. The maximum Gasteiger partial charge on any atom is 0.244 e. The molecule has 3 aromatic rings. The Hall–Kier alpha value is -1.79. The molecule has 2 aromatic carbocycles. The van der Waals surface area contributed by atoms with Crippen molar-refractivity contribution in [1.29, 1.82) is 0 Å². The molecule has 4 rings (SSSR count). The third kappa shape index (κ3) is 3.05. The molecule has 0 N–H and O–H groups in total. The monoisotopic (exact) mass is 406 g/mol. The van der Waals surface area contributed by atoms with Crippen molar-refractivity contribution in [3.8, 4) is 0 Å². The van der Waals surface area contributed by atoms with E-state index in [0.29, 0.717) is 23.1 Å². The summed E-state index contributed by atoms with van der Waals surface area (Å²) in [6.07, 6.45) is 1.98. The van der Waals surface area contributed by atoms with E-state index in [1.165, 1.54) is 0 Å². The fourth-order valence-corrected chi connectivity index (χ4v) is 5.18. The summed E-state index contributed by atoms with van der Waals surface area (Å²) < 4.78 is 30.3. The Kier molecular flexibility index (Phi) is 4.57. The molecule has 1 aromatic heterocycles. The molecular weight excluding hydrogens is 391 g/mol. The molecule has 134 valence electrons. The van der Waals surface area contributed by atoms with Crippen LogP contribution in [-0.4, -0.2) is 23.8 Å². The van der Waals surface area contributed by atoms with Crippen LogP contribution in [0.4, 0.5) is 0 Å². The van der Waals surface area contributed by atoms with Gasteiger partial charge in [-0.05, 0) is 54.1 Å². The minimum atomic E-state index is -3.68. The normalized spacial score (nSPS) is 17.8. The highest BCUT2D eigenvalue weighted by Crippen LogP contribution is 2.36. The van der Waals surface area contributed by atoms with Crippen LogP contribution in [0.3, 0.4) is 0 Å². The van der Waals surface area contributed by atoms with Crippen LogP contribution in [0.1, 0.15) is 17.3 Å². The molecule has 0 fully saturated rings. The van der Waals surface area contributed by atoms with Gasteiger partial charge in [0.2, 0.25) is 10.0 Å². The second-order valence-corrected chi connectivity index (χ2v) is 8.91. The number of sulfonamides is 1. The van der Waals surface area contributed by atoms with E-state index in [9.17, 15) is 8.42 Å². The number of hydrogen-bond acceptors (Lipinski definition) is 2. The maximum absolute atomic E-state index is 13.3. The van der Waals surface area contributed by atoms with Crippen molar-refractivity contribution in [1.82, 2.24) is 8.87 Å². The topological polar surface area (TPSA) is 42.3 Å². The number of fused-ring (bicyclic) bond motifs is 1. The third-order valence-electron chi connectivity index (χ3n) is 4.60. The van der Waals surface area contributed by atoms with Gasteiger partial charge in [0.1, 0.15) is 0 Å². The average Bonchev–Trinajstić information content (AvgIpc) is 3.11. The zero-order valence-electron chi connectivity index (χ0n) is 13.7. The van der Waals surface area contributed by atoms with Crippen LogP contribution in [0.2, 0.25) is 10.0 Å². The fraction of sp³-hybridized carbons (Fsp3) is 0.158. The Balaban J connectivity index is 1.83. The first-order valence-corrected chi connectivity index (χ1v) is 10.3. The van der Waals surface area contributed by atoms with Gasteiger partial charge < -0.3 is 4.57 Å². The van der Waals surface area contributed by atoms with Gasteiger partial charge in [0.25, 0.3) is 0 Å². The zero-order valence-corrected chi connectivity index (χ0v) is 16.0. The van der Waals surface area contributed by atoms with Crippen molar-refractivity contribution in [3.05, 3.63) is 88.2 Å². The highest BCUT2D eigenvalue weighted by atomic mass is 35.5. The first-order chi connectivity index (χ1) is 12.5. The van der Waals surface area contributed by atoms with Crippen molar-refractivity contribution < 1.29 is 8.42 Å². The molecule has 2 heterocycles. The van der Waals surface area contributed by atoms with Gasteiger partial charge in [0.15, 0.2) is 0 Å². The van der Waals surface area contributed by atoms with Gasteiger partial charge in [-0.15, -0.1) is 0 Å². The zero-order chi connectivity index (χ0) is 18.3. The van der Waals surface area contributed by atoms with Crippen molar-refractivity contribution in [2.45, 2.75) is 17.5 Å². The summed E-state index contributed by atoms with van der Waals surface area (Å²) in [5, 5.41) is 1.12. The number of rotatable bonds is 3. The second-order valence-electron chi connectivity index (χ2n) is 6.15. The maximum atomic E-state index is 13.3. The standard InChI is InChI=1S/C19H16Cl2N2O2S/c20-15-5-3-14(4-6-15)19-18-2-1-11-22(18)12-13-23(19)26(24,25)17-9-7-16(21)8-10-17/h1-11,19H,12-13H2. The van der Waals surface area contributed by atoms with E-state index >= 15 is 0 Å². The van der Waals surface area contributed by atoms with Crippen LogP contribution in [0.25, 0.3) is 0 Å². The van der Waals surface area contributed by atoms with Crippen molar-refractivity contribution >= 4 is 33.2 Å². The smallest absolute Gasteiger partial charge is 0.244 e. The van der Waals surface area contributed by atoms with Crippen LogP contribution >= 0.6 is 23.2 Å². The van der Waals surface area contributed by atoms with Gasteiger partial charge in [-0.1, -0.05) is 35.3 Å².